The standard InChI is InChI=1S/C8H15FN2O/c1-3-7(9)4-11-5-8(12)10(2)6-11/h7H,3-6H2,1-2H3. The van der Waals surface area contributed by atoms with Crippen molar-refractivity contribution in [2.24, 2.45) is 0 Å². The third kappa shape index (κ3) is 2.17. The molecule has 1 unspecified atom stereocenters. The van der Waals surface area contributed by atoms with Crippen LogP contribution in [-0.4, -0.2) is 48.7 Å². The quantitative estimate of drug-likeness (QED) is 0.620. The van der Waals surface area contributed by atoms with Crippen molar-refractivity contribution in [3.05, 3.63) is 0 Å². The molecule has 0 bridgehead atoms. The molecule has 70 valence electrons. The van der Waals surface area contributed by atoms with Crippen molar-refractivity contribution in [1.29, 1.82) is 0 Å². The topological polar surface area (TPSA) is 23.6 Å². The third-order valence-electron chi connectivity index (χ3n) is 2.10. The van der Waals surface area contributed by atoms with Crippen LogP contribution in [0.15, 0.2) is 0 Å². The Balaban J connectivity index is 2.32. The van der Waals surface area contributed by atoms with Crippen molar-refractivity contribution in [1.82, 2.24) is 9.80 Å². The molecule has 3 nitrogen and oxygen atoms in total. The average molecular weight is 174 g/mol. The number of likely N-dealkylation sites (N-methyl/N-ethyl adjacent to an activating group) is 1. The minimum absolute atomic E-state index is 0.0818. The summed E-state index contributed by atoms with van der Waals surface area (Å²) in [5.41, 5.74) is 0. The number of alkyl halides is 1. The lowest BCUT2D eigenvalue weighted by Gasteiger charge is -2.15. The molecule has 0 spiro atoms. The average Bonchev–Trinajstić information content (AvgIpc) is 2.31. The zero-order valence-corrected chi connectivity index (χ0v) is 7.59. The van der Waals surface area contributed by atoms with Gasteiger partial charge in [-0.15, -0.1) is 0 Å². The molecular formula is C8H15FN2O. The molecule has 0 radical (unpaired) electrons. The predicted octanol–water partition coefficient (Wildman–Crippen LogP) is 0.466. The van der Waals surface area contributed by atoms with E-state index in [2.05, 4.69) is 0 Å². The summed E-state index contributed by atoms with van der Waals surface area (Å²) in [6, 6.07) is 0. The van der Waals surface area contributed by atoms with Crippen molar-refractivity contribution in [3.63, 3.8) is 0 Å². The van der Waals surface area contributed by atoms with Crippen molar-refractivity contribution < 1.29 is 9.18 Å². The normalized spacial score (nSPS) is 21.9. The second-order valence-corrected chi connectivity index (χ2v) is 3.25. The van der Waals surface area contributed by atoms with Crippen LogP contribution in [0.5, 0.6) is 0 Å². The SMILES string of the molecule is CCC(F)CN1CC(=O)N(C)C1. The smallest absolute Gasteiger partial charge is 0.237 e. The maximum Gasteiger partial charge on any atom is 0.237 e. The highest BCUT2D eigenvalue weighted by molar-refractivity contribution is 5.79. The fraction of sp³-hybridized carbons (Fsp3) is 0.875. The first kappa shape index (κ1) is 9.45. The summed E-state index contributed by atoms with van der Waals surface area (Å²) in [6.45, 7) is 3.13. The Morgan fingerprint density at radius 3 is 2.75 bits per heavy atom. The van der Waals surface area contributed by atoms with E-state index >= 15 is 0 Å². The molecule has 1 rings (SSSR count). The van der Waals surface area contributed by atoms with Gasteiger partial charge in [-0.05, 0) is 6.42 Å². The predicted molar refractivity (Wildman–Crippen MR) is 44.4 cm³/mol. The van der Waals surface area contributed by atoms with Crippen LogP contribution >= 0.6 is 0 Å². The minimum Gasteiger partial charge on any atom is -0.332 e. The number of carbonyl (C=O) groups is 1. The summed E-state index contributed by atoms with van der Waals surface area (Å²) in [6.07, 6.45) is -0.279. The Morgan fingerprint density at radius 1 is 1.67 bits per heavy atom. The van der Waals surface area contributed by atoms with Crippen LogP contribution in [0, 0.1) is 0 Å². The van der Waals surface area contributed by atoms with E-state index in [1.807, 2.05) is 11.8 Å². The Bertz CT molecular complexity index is 174. The van der Waals surface area contributed by atoms with E-state index in [4.69, 9.17) is 0 Å². The highest BCUT2D eigenvalue weighted by Crippen LogP contribution is 2.07. The van der Waals surface area contributed by atoms with Gasteiger partial charge >= 0.3 is 0 Å². The maximum atomic E-state index is 12.9. The van der Waals surface area contributed by atoms with Crippen molar-refractivity contribution in [2.45, 2.75) is 19.5 Å². The monoisotopic (exact) mass is 174 g/mol. The van der Waals surface area contributed by atoms with Gasteiger partial charge in [0.2, 0.25) is 5.91 Å². The second-order valence-electron chi connectivity index (χ2n) is 3.25. The molecular weight excluding hydrogens is 159 g/mol. The number of nitrogens with zero attached hydrogens (tertiary/aromatic N) is 2. The van der Waals surface area contributed by atoms with Gasteiger partial charge in [0.15, 0.2) is 0 Å². The van der Waals surface area contributed by atoms with Crippen LogP contribution in [0.2, 0.25) is 0 Å². The summed E-state index contributed by atoms with van der Waals surface area (Å²) in [7, 11) is 1.74. The van der Waals surface area contributed by atoms with E-state index in [0.717, 1.165) is 0 Å². The van der Waals surface area contributed by atoms with Crippen LogP contribution in [0.1, 0.15) is 13.3 Å². The largest absolute Gasteiger partial charge is 0.332 e. The van der Waals surface area contributed by atoms with Gasteiger partial charge in [-0.1, -0.05) is 6.92 Å². The number of amides is 1. The zero-order valence-electron chi connectivity index (χ0n) is 7.59. The molecule has 0 aliphatic carbocycles. The molecule has 1 aliphatic heterocycles. The van der Waals surface area contributed by atoms with Crippen LogP contribution in [0.3, 0.4) is 0 Å². The molecule has 0 N–H and O–H groups in total. The number of halogens is 1. The van der Waals surface area contributed by atoms with E-state index in [9.17, 15) is 9.18 Å². The van der Waals surface area contributed by atoms with Crippen LogP contribution in [-0.2, 0) is 4.79 Å². The third-order valence-corrected chi connectivity index (χ3v) is 2.10. The summed E-state index contributed by atoms with van der Waals surface area (Å²) in [4.78, 5) is 14.5. The van der Waals surface area contributed by atoms with Gasteiger partial charge in [0, 0.05) is 13.6 Å². The molecule has 4 heteroatoms. The lowest BCUT2D eigenvalue weighted by molar-refractivity contribution is -0.125. The van der Waals surface area contributed by atoms with E-state index in [0.29, 0.717) is 26.2 Å². The molecule has 1 heterocycles. The van der Waals surface area contributed by atoms with Gasteiger partial charge in [0.25, 0.3) is 0 Å². The van der Waals surface area contributed by atoms with E-state index < -0.39 is 6.17 Å². The Hall–Kier alpha value is -0.640. The van der Waals surface area contributed by atoms with Crippen molar-refractivity contribution in [3.8, 4) is 0 Å². The summed E-state index contributed by atoms with van der Waals surface area (Å²) >= 11 is 0. The Morgan fingerprint density at radius 2 is 2.33 bits per heavy atom. The number of rotatable bonds is 3. The Kier molecular flexibility index (Phi) is 3.03. The van der Waals surface area contributed by atoms with E-state index in [-0.39, 0.29) is 5.91 Å². The first-order valence-corrected chi connectivity index (χ1v) is 4.24. The fourth-order valence-electron chi connectivity index (χ4n) is 1.27. The summed E-state index contributed by atoms with van der Waals surface area (Å²) < 4.78 is 12.9. The summed E-state index contributed by atoms with van der Waals surface area (Å²) in [5, 5.41) is 0. The van der Waals surface area contributed by atoms with Gasteiger partial charge in [0.05, 0.1) is 13.2 Å². The highest BCUT2D eigenvalue weighted by atomic mass is 19.1. The highest BCUT2D eigenvalue weighted by Gasteiger charge is 2.25. The number of hydrogen-bond donors (Lipinski definition) is 0. The van der Waals surface area contributed by atoms with Gasteiger partial charge < -0.3 is 4.90 Å². The number of carbonyl (C=O) groups excluding carboxylic acids is 1. The Labute approximate surface area is 72.1 Å². The molecule has 0 aromatic carbocycles. The summed E-state index contributed by atoms with van der Waals surface area (Å²) in [5.74, 6) is 0.0818. The minimum atomic E-state index is -0.802. The second kappa shape index (κ2) is 3.85. The molecule has 12 heavy (non-hydrogen) atoms. The number of hydrogen-bond acceptors (Lipinski definition) is 2. The molecule has 1 amide bonds. The first-order chi connectivity index (χ1) is 5.63. The molecule has 1 saturated heterocycles. The van der Waals surface area contributed by atoms with Gasteiger partial charge in [-0.3, -0.25) is 9.69 Å². The molecule has 1 aliphatic rings. The molecule has 1 fully saturated rings. The van der Waals surface area contributed by atoms with E-state index in [1.54, 1.807) is 11.9 Å². The van der Waals surface area contributed by atoms with Crippen LogP contribution in [0.25, 0.3) is 0 Å². The van der Waals surface area contributed by atoms with E-state index in [1.165, 1.54) is 0 Å². The maximum absolute atomic E-state index is 12.9. The van der Waals surface area contributed by atoms with Crippen LogP contribution < -0.4 is 0 Å². The van der Waals surface area contributed by atoms with Crippen LogP contribution in [0.4, 0.5) is 4.39 Å². The lowest BCUT2D eigenvalue weighted by Crippen LogP contribution is -2.29. The van der Waals surface area contributed by atoms with Crippen molar-refractivity contribution in [2.75, 3.05) is 26.8 Å². The van der Waals surface area contributed by atoms with Crippen molar-refractivity contribution >= 4 is 5.91 Å². The molecule has 1 atom stereocenters. The molecule has 0 aromatic heterocycles. The molecule has 0 aromatic rings. The first-order valence-electron chi connectivity index (χ1n) is 4.24. The fourth-order valence-corrected chi connectivity index (χ4v) is 1.27. The lowest BCUT2D eigenvalue weighted by atomic mass is 10.3. The zero-order chi connectivity index (χ0) is 9.14. The van der Waals surface area contributed by atoms with Gasteiger partial charge in [-0.25, -0.2) is 4.39 Å². The van der Waals surface area contributed by atoms with Gasteiger partial charge in [-0.2, -0.15) is 0 Å². The van der Waals surface area contributed by atoms with Gasteiger partial charge in [0.1, 0.15) is 6.17 Å². The molecule has 0 saturated carbocycles.